The number of carbonyl (C=O) groups is 2. The molecule has 0 radical (unpaired) electrons. The summed E-state index contributed by atoms with van der Waals surface area (Å²) in [5.74, 6) is -3.61. The standard InChI is InChI=1S/C18H20F2N2O4/c19-13-10-15(22-5-3-18(4-6-22)25-7-8-26-18)14(20)9-12(13)11-1-2-16(23)21-17(11)24/h9-11H,1-8H2,(H,21,23,24). The van der Waals surface area contributed by atoms with Gasteiger partial charge in [0.25, 0.3) is 0 Å². The molecule has 1 unspecified atom stereocenters. The first-order chi connectivity index (χ1) is 12.5. The molecule has 6 nitrogen and oxygen atoms in total. The number of nitrogens with zero attached hydrogens (tertiary/aromatic N) is 1. The lowest BCUT2D eigenvalue weighted by Crippen LogP contribution is -2.45. The zero-order valence-corrected chi connectivity index (χ0v) is 14.2. The van der Waals surface area contributed by atoms with Crippen molar-refractivity contribution in [2.24, 2.45) is 0 Å². The van der Waals surface area contributed by atoms with E-state index >= 15 is 0 Å². The highest BCUT2D eigenvalue weighted by Gasteiger charge is 2.40. The number of piperidine rings is 2. The van der Waals surface area contributed by atoms with Crippen molar-refractivity contribution in [1.82, 2.24) is 5.32 Å². The fraction of sp³-hybridized carbons (Fsp3) is 0.556. The van der Waals surface area contributed by atoms with Crippen LogP contribution in [-0.4, -0.2) is 43.9 Å². The third-order valence-electron chi connectivity index (χ3n) is 5.36. The number of amides is 2. The highest BCUT2D eigenvalue weighted by Crippen LogP contribution is 2.36. The number of hydrogen-bond acceptors (Lipinski definition) is 5. The summed E-state index contributed by atoms with van der Waals surface area (Å²) in [6.45, 7) is 2.11. The summed E-state index contributed by atoms with van der Waals surface area (Å²) in [6.07, 6.45) is 1.47. The quantitative estimate of drug-likeness (QED) is 0.809. The van der Waals surface area contributed by atoms with Crippen molar-refractivity contribution in [3.8, 4) is 0 Å². The van der Waals surface area contributed by atoms with Gasteiger partial charge in [0.05, 0.1) is 24.8 Å². The number of nitrogens with one attached hydrogen (secondary N) is 1. The molecule has 0 aliphatic carbocycles. The molecule has 0 saturated carbocycles. The minimum absolute atomic E-state index is 0.00723. The van der Waals surface area contributed by atoms with E-state index in [-0.39, 0.29) is 30.0 Å². The van der Waals surface area contributed by atoms with Gasteiger partial charge in [0.15, 0.2) is 5.79 Å². The topological polar surface area (TPSA) is 67.9 Å². The lowest BCUT2D eigenvalue weighted by atomic mass is 9.89. The van der Waals surface area contributed by atoms with Gasteiger partial charge in [0, 0.05) is 44.0 Å². The van der Waals surface area contributed by atoms with Crippen LogP contribution in [0, 0.1) is 11.6 Å². The number of imide groups is 1. The first kappa shape index (κ1) is 17.4. The minimum Gasteiger partial charge on any atom is -0.369 e. The first-order valence-electron chi connectivity index (χ1n) is 8.83. The molecule has 3 fully saturated rings. The Kier molecular flexibility index (Phi) is 4.40. The van der Waals surface area contributed by atoms with Gasteiger partial charge >= 0.3 is 0 Å². The van der Waals surface area contributed by atoms with Gasteiger partial charge in [-0.25, -0.2) is 8.78 Å². The SMILES string of the molecule is O=C1CCC(c2cc(F)c(N3CCC4(CC3)OCCO4)cc2F)C(=O)N1. The molecule has 3 aliphatic rings. The van der Waals surface area contributed by atoms with Crippen LogP contribution in [0.25, 0.3) is 0 Å². The van der Waals surface area contributed by atoms with Crippen LogP contribution in [0.4, 0.5) is 14.5 Å². The molecule has 1 N–H and O–H groups in total. The highest BCUT2D eigenvalue weighted by atomic mass is 19.1. The maximum Gasteiger partial charge on any atom is 0.234 e. The Morgan fingerprint density at radius 2 is 1.77 bits per heavy atom. The molecule has 1 aromatic rings. The number of carbonyl (C=O) groups excluding carboxylic acids is 2. The first-order valence-corrected chi connectivity index (χ1v) is 8.83. The van der Waals surface area contributed by atoms with Crippen molar-refractivity contribution in [3.05, 3.63) is 29.3 Å². The van der Waals surface area contributed by atoms with E-state index in [1.165, 1.54) is 0 Å². The fourth-order valence-corrected chi connectivity index (χ4v) is 3.93. The van der Waals surface area contributed by atoms with Gasteiger partial charge in [-0.05, 0) is 12.5 Å². The van der Waals surface area contributed by atoms with Crippen LogP contribution in [0.15, 0.2) is 12.1 Å². The van der Waals surface area contributed by atoms with Crippen LogP contribution < -0.4 is 10.2 Å². The summed E-state index contributed by atoms with van der Waals surface area (Å²) < 4.78 is 40.6. The number of benzene rings is 1. The fourth-order valence-electron chi connectivity index (χ4n) is 3.93. The predicted octanol–water partition coefficient (Wildman–Crippen LogP) is 1.83. The summed E-state index contributed by atoms with van der Waals surface area (Å²) in [5, 5.41) is 2.18. The maximum absolute atomic E-state index is 14.7. The Labute approximate surface area is 149 Å². The molecule has 3 aliphatic heterocycles. The molecule has 2 amide bonds. The van der Waals surface area contributed by atoms with Crippen LogP contribution in [0.1, 0.15) is 37.2 Å². The Bertz CT molecular complexity index is 739. The molecule has 3 saturated heterocycles. The van der Waals surface area contributed by atoms with Crippen LogP contribution in [0.5, 0.6) is 0 Å². The van der Waals surface area contributed by atoms with Gasteiger partial charge in [0.1, 0.15) is 11.6 Å². The molecule has 8 heteroatoms. The van der Waals surface area contributed by atoms with Crippen molar-refractivity contribution >= 4 is 17.5 Å². The van der Waals surface area contributed by atoms with E-state index < -0.39 is 29.2 Å². The van der Waals surface area contributed by atoms with E-state index in [1.807, 2.05) is 0 Å². The molecule has 1 aromatic carbocycles. The molecular weight excluding hydrogens is 346 g/mol. The summed E-state index contributed by atoms with van der Waals surface area (Å²) in [5.41, 5.74) is 0.165. The molecule has 0 aromatic heterocycles. The van der Waals surface area contributed by atoms with Crippen molar-refractivity contribution in [1.29, 1.82) is 0 Å². The number of halogens is 2. The molecule has 140 valence electrons. The summed E-state index contributed by atoms with van der Waals surface area (Å²) in [4.78, 5) is 24.9. The Morgan fingerprint density at radius 3 is 2.42 bits per heavy atom. The number of rotatable bonds is 2. The van der Waals surface area contributed by atoms with Gasteiger partial charge in [-0.1, -0.05) is 0 Å². The van der Waals surface area contributed by atoms with Gasteiger partial charge in [-0.15, -0.1) is 0 Å². The molecule has 26 heavy (non-hydrogen) atoms. The monoisotopic (exact) mass is 366 g/mol. The lowest BCUT2D eigenvalue weighted by molar-refractivity contribution is -0.169. The van der Waals surface area contributed by atoms with Gasteiger partial charge in [0.2, 0.25) is 11.8 Å². The Morgan fingerprint density at radius 1 is 1.08 bits per heavy atom. The van der Waals surface area contributed by atoms with E-state index in [2.05, 4.69) is 5.32 Å². The van der Waals surface area contributed by atoms with E-state index in [0.717, 1.165) is 12.1 Å². The second kappa shape index (κ2) is 6.59. The average molecular weight is 366 g/mol. The predicted molar refractivity (Wildman–Crippen MR) is 87.6 cm³/mol. The number of hydrogen-bond donors (Lipinski definition) is 1. The van der Waals surface area contributed by atoms with Crippen molar-refractivity contribution in [3.63, 3.8) is 0 Å². The van der Waals surface area contributed by atoms with Crippen LogP contribution in [0.2, 0.25) is 0 Å². The summed E-state index contributed by atoms with van der Waals surface area (Å²) in [6, 6.07) is 2.22. The van der Waals surface area contributed by atoms with Crippen LogP contribution in [0.3, 0.4) is 0 Å². The molecule has 1 spiro atoms. The second-order valence-corrected chi connectivity index (χ2v) is 6.92. The smallest absolute Gasteiger partial charge is 0.234 e. The van der Waals surface area contributed by atoms with Gasteiger partial charge < -0.3 is 14.4 Å². The lowest BCUT2D eigenvalue weighted by Gasteiger charge is -2.39. The van der Waals surface area contributed by atoms with E-state index in [4.69, 9.17) is 9.47 Å². The third-order valence-corrected chi connectivity index (χ3v) is 5.36. The van der Waals surface area contributed by atoms with Crippen molar-refractivity contribution in [2.75, 3.05) is 31.2 Å². The molecule has 3 heterocycles. The van der Waals surface area contributed by atoms with Gasteiger partial charge in [-0.3, -0.25) is 14.9 Å². The maximum atomic E-state index is 14.7. The molecule has 1 atom stereocenters. The van der Waals surface area contributed by atoms with Crippen LogP contribution in [-0.2, 0) is 19.1 Å². The largest absolute Gasteiger partial charge is 0.369 e. The Hall–Kier alpha value is -2.06. The number of anilines is 1. The molecule has 0 bridgehead atoms. The second-order valence-electron chi connectivity index (χ2n) is 6.92. The third kappa shape index (κ3) is 3.07. The van der Waals surface area contributed by atoms with Crippen molar-refractivity contribution in [2.45, 2.75) is 37.4 Å². The molecular formula is C18H20F2N2O4. The zero-order chi connectivity index (χ0) is 18.3. The highest BCUT2D eigenvalue weighted by molar-refractivity contribution is 6.01. The summed E-state index contributed by atoms with van der Waals surface area (Å²) >= 11 is 0. The van der Waals surface area contributed by atoms with Gasteiger partial charge in [-0.2, -0.15) is 0 Å². The van der Waals surface area contributed by atoms with Crippen molar-refractivity contribution < 1.29 is 27.8 Å². The Balaban J connectivity index is 1.53. The van der Waals surface area contributed by atoms with E-state index in [0.29, 0.717) is 39.1 Å². The van der Waals surface area contributed by atoms with E-state index in [9.17, 15) is 18.4 Å². The van der Waals surface area contributed by atoms with E-state index in [1.54, 1.807) is 4.90 Å². The number of ether oxygens (including phenoxy) is 2. The minimum atomic E-state index is -0.846. The van der Waals surface area contributed by atoms with Crippen LogP contribution >= 0.6 is 0 Å². The molecule has 4 rings (SSSR count). The zero-order valence-electron chi connectivity index (χ0n) is 14.2. The normalized spacial score (nSPS) is 25.6. The average Bonchev–Trinajstić information content (AvgIpc) is 3.06. The summed E-state index contributed by atoms with van der Waals surface area (Å²) in [7, 11) is 0.